The number of anilines is 2. The second kappa shape index (κ2) is 11.6. The number of nitrogen functional groups attached to an aromatic ring is 1. The van der Waals surface area contributed by atoms with Gasteiger partial charge in [0.15, 0.2) is 11.6 Å². The van der Waals surface area contributed by atoms with Crippen LogP contribution in [0.1, 0.15) is 73.3 Å². The minimum absolute atomic E-state index is 0.0994. The summed E-state index contributed by atoms with van der Waals surface area (Å²) in [7, 11) is 2.52. The van der Waals surface area contributed by atoms with Gasteiger partial charge in [-0.1, -0.05) is 0 Å². The van der Waals surface area contributed by atoms with Gasteiger partial charge in [0.05, 0.1) is 31.0 Å². The van der Waals surface area contributed by atoms with E-state index in [1.54, 1.807) is 26.0 Å². The number of ether oxygens (including phenoxy) is 2. The van der Waals surface area contributed by atoms with Crippen molar-refractivity contribution < 1.29 is 33.4 Å². The molecule has 0 atom stereocenters. The van der Waals surface area contributed by atoms with Crippen molar-refractivity contribution in [2.75, 3.05) is 25.3 Å². The lowest BCUT2D eigenvalue weighted by molar-refractivity contribution is -0.114. The van der Waals surface area contributed by atoms with Crippen LogP contribution in [-0.2, 0) is 14.3 Å². The van der Waals surface area contributed by atoms with Gasteiger partial charge in [0, 0.05) is 23.7 Å². The molecule has 176 valence electrons. The van der Waals surface area contributed by atoms with Crippen LogP contribution in [0.25, 0.3) is 0 Å². The van der Waals surface area contributed by atoms with E-state index in [4.69, 9.17) is 5.73 Å². The largest absolute Gasteiger partial charge is 0.465 e. The fourth-order valence-electron chi connectivity index (χ4n) is 3.06. The number of methoxy groups -OCH3 is 2. The van der Waals surface area contributed by atoms with E-state index in [1.807, 2.05) is 0 Å². The van der Waals surface area contributed by atoms with Crippen molar-refractivity contribution in [3.8, 4) is 0 Å². The van der Waals surface area contributed by atoms with Gasteiger partial charge in [0.2, 0.25) is 5.91 Å². The van der Waals surface area contributed by atoms with Crippen LogP contribution in [-0.4, -0.2) is 43.6 Å². The molecule has 0 saturated carbocycles. The summed E-state index contributed by atoms with van der Waals surface area (Å²) >= 11 is 0. The van der Waals surface area contributed by atoms with Crippen molar-refractivity contribution in [3.63, 3.8) is 0 Å². The first-order valence-electron chi connectivity index (χ1n) is 9.84. The second-order valence-electron chi connectivity index (χ2n) is 7.24. The molecule has 3 N–H and O–H groups in total. The summed E-state index contributed by atoms with van der Waals surface area (Å²) in [5.74, 6) is -1.67. The predicted octanol–water partition coefficient (Wildman–Crippen LogP) is 3.51. The molecule has 9 nitrogen and oxygen atoms in total. The minimum Gasteiger partial charge on any atom is -0.465 e. The van der Waals surface area contributed by atoms with Crippen LogP contribution >= 0.6 is 0 Å². The number of benzene rings is 2. The van der Waals surface area contributed by atoms with Crippen molar-refractivity contribution in [1.29, 1.82) is 0 Å². The minimum atomic E-state index is -0.596. The van der Waals surface area contributed by atoms with Gasteiger partial charge >= 0.3 is 11.9 Å². The van der Waals surface area contributed by atoms with E-state index in [9.17, 15) is 24.0 Å². The Morgan fingerprint density at radius 3 is 1.55 bits per heavy atom. The van der Waals surface area contributed by atoms with Gasteiger partial charge in [-0.15, -0.1) is 0 Å². The summed E-state index contributed by atoms with van der Waals surface area (Å²) in [6.07, 6.45) is 0. The highest BCUT2D eigenvalue weighted by Crippen LogP contribution is 2.23. The maximum atomic E-state index is 11.6. The number of carbonyl (C=O) groups is 5. The molecule has 0 aliphatic carbocycles. The van der Waals surface area contributed by atoms with Gasteiger partial charge in [0.25, 0.3) is 0 Å². The Labute approximate surface area is 192 Å². The lowest BCUT2D eigenvalue weighted by Crippen LogP contribution is -2.14. The van der Waals surface area contributed by atoms with Gasteiger partial charge in [-0.2, -0.15) is 0 Å². The van der Waals surface area contributed by atoms with Crippen molar-refractivity contribution in [3.05, 3.63) is 57.6 Å². The summed E-state index contributed by atoms with van der Waals surface area (Å²) in [5, 5.41) is 2.54. The molecular weight excluding hydrogens is 428 g/mol. The molecule has 9 heteroatoms. The number of esters is 2. The monoisotopic (exact) mass is 456 g/mol. The van der Waals surface area contributed by atoms with Gasteiger partial charge in [-0.3, -0.25) is 14.4 Å². The van der Waals surface area contributed by atoms with Crippen LogP contribution < -0.4 is 11.1 Å². The maximum Gasteiger partial charge on any atom is 0.339 e. The number of aryl methyl sites for hydroxylation is 2. The molecule has 2 rings (SSSR count). The lowest BCUT2D eigenvalue weighted by Gasteiger charge is -2.12. The van der Waals surface area contributed by atoms with Gasteiger partial charge in [-0.25, -0.2) is 9.59 Å². The molecule has 0 aliphatic rings. The van der Waals surface area contributed by atoms with E-state index < -0.39 is 11.9 Å². The maximum absolute atomic E-state index is 11.6. The molecule has 33 heavy (non-hydrogen) atoms. The molecule has 0 heterocycles. The molecule has 1 amide bonds. The van der Waals surface area contributed by atoms with Gasteiger partial charge < -0.3 is 20.5 Å². The van der Waals surface area contributed by atoms with Crippen molar-refractivity contribution in [2.24, 2.45) is 0 Å². The molecule has 0 spiro atoms. The zero-order chi connectivity index (χ0) is 25.5. The van der Waals surface area contributed by atoms with Crippen LogP contribution in [0.2, 0.25) is 0 Å². The van der Waals surface area contributed by atoms with Crippen LogP contribution in [0.15, 0.2) is 24.3 Å². The standard InChI is InChI=1S/C13H15NO4.C11H13NO3/c1-7-5-12(14-9(3)16)11(13(17)18-4)6-10(7)8(2)15;1-6-4-10(12)9(11(14)15-3)5-8(6)7(2)13/h5-6H,1-4H3,(H,14,16);4-5H,12H2,1-3H3. The Hall–Kier alpha value is -4.01. The molecule has 2 aromatic carbocycles. The molecule has 0 radical (unpaired) electrons. The zero-order valence-electron chi connectivity index (χ0n) is 19.7. The first-order valence-corrected chi connectivity index (χ1v) is 9.84. The van der Waals surface area contributed by atoms with Crippen molar-refractivity contribution in [2.45, 2.75) is 34.6 Å². The second-order valence-corrected chi connectivity index (χ2v) is 7.24. The summed E-state index contributed by atoms with van der Waals surface area (Å²) in [6.45, 7) is 7.72. The van der Waals surface area contributed by atoms with E-state index in [0.29, 0.717) is 28.1 Å². The van der Waals surface area contributed by atoms with Crippen molar-refractivity contribution in [1.82, 2.24) is 0 Å². The summed E-state index contributed by atoms with van der Waals surface area (Å²) in [4.78, 5) is 56.7. The third-order valence-corrected chi connectivity index (χ3v) is 4.64. The number of ketones is 2. The molecule has 0 bridgehead atoms. The summed E-state index contributed by atoms with van der Waals surface area (Å²) in [5.41, 5.74) is 9.10. The van der Waals surface area contributed by atoms with Gasteiger partial charge in [-0.05, 0) is 63.1 Å². The highest BCUT2D eigenvalue weighted by Gasteiger charge is 2.17. The molecule has 0 fully saturated rings. The first kappa shape index (κ1) is 27.0. The molecule has 2 aromatic rings. The Bertz CT molecular complexity index is 1120. The quantitative estimate of drug-likeness (QED) is 0.395. The Morgan fingerprint density at radius 2 is 1.12 bits per heavy atom. The third-order valence-electron chi connectivity index (χ3n) is 4.64. The van der Waals surface area contributed by atoms with E-state index >= 15 is 0 Å². The number of hydrogen-bond donors (Lipinski definition) is 2. The van der Waals surface area contributed by atoms with E-state index in [2.05, 4.69) is 14.8 Å². The van der Waals surface area contributed by atoms with Gasteiger partial charge in [0.1, 0.15) is 0 Å². The average Bonchev–Trinajstić information content (AvgIpc) is 2.72. The first-order chi connectivity index (χ1) is 15.3. The molecule has 0 saturated heterocycles. The highest BCUT2D eigenvalue weighted by molar-refractivity contribution is 6.05. The smallest absolute Gasteiger partial charge is 0.339 e. The SMILES string of the molecule is COC(=O)c1cc(C(C)=O)c(C)cc1N.COC(=O)c1cc(C(C)=O)c(C)cc1NC(C)=O. The summed E-state index contributed by atoms with van der Waals surface area (Å²) < 4.78 is 9.19. The van der Waals surface area contributed by atoms with Crippen molar-refractivity contribution >= 4 is 40.8 Å². The number of carbonyl (C=O) groups excluding carboxylic acids is 5. The molecule has 0 aromatic heterocycles. The number of hydrogen-bond acceptors (Lipinski definition) is 8. The Balaban J connectivity index is 0.000000335. The fourth-order valence-corrected chi connectivity index (χ4v) is 3.06. The molecule has 0 aliphatic heterocycles. The summed E-state index contributed by atoms with van der Waals surface area (Å²) in [6, 6.07) is 6.10. The normalized spacial score (nSPS) is 9.79. The number of nitrogens with one attached hydrogen (secondary N) is 1. The van der Waals surface area contributed by atoms with E-state index in [0.717, 1.165) is 5.56 Å². The predicted molar refractivity (Wildman–Crippen MR) is 124 cm³/mol. The lowest BCUT2D eigenvalue weighted by atomic mass is 10.00. The average molecular weight is 456 g/mol. The topological polar surface area (TPSA) is 142 Å². The van der Waals surface area contributed by atoms with Crippen LogP contribution in [0.5, 0.6) is 0 Å². The van der Waals surface area contributed by atoms with E-state index in [1.165, 1.54) is 47.1 Å². The third kappa shape index (κ3) is 6.99. The van der Waals surface area contributed by atoms with Crippen LogP contribution in [0, 0.1) is 13.8 Å². The number of rotatable bonds is 5. The Morgan fingerprint density at radius 1 is 0.697 bits per heavy atom. The molecule has 0 unspecified atom stereocenters. The highest BCUT2D eigenvalue weighted by atomic mass is 16.5. The Kier molecular flexibility index (Phi) is 9.47. The number of amides is 1. The zero-order valence-corrected chi connectivity index (χ0v) is 19.7. The van der Waals surface area contributed by atoms with E-state index in [-0.39, 0.29) is 28.6 Å². The molecular formula is C24H28N2O7. The van der Waals surface area contributed by atoms with Crippen LogP contribution in [0.3, 0.4) is 0 Å². The fraction of sp³-hybridized carbons (Fsp3) is 0.292. The number of nitrogens with two attached hydrogens (primary N) is 1. The van der Waals surface area contributed by atoms with Crippen LogP contribution in [0.4, 0.5) is 11.4 Å². The number of Topliss-reactive ketones (excluding diaryl/α,β-unsaturated/α-hetero) is 2.